The summed E-state index contributed by atoms with van der Waals surface area (Å²) in [5.41, 5.74) is 2.89. The van der Waals surface area contributed by atoms with Gasteiger partial charge in [0, 0.05) is 44.2 Å². The minimum atomic E-state index is -0.0911. The predicted octanol–water partition coefficient (Wildman–Crippen LogP) is 2.73. The highest BCUT2D eigenvalue weighted by atomic mass is 32.1. The molecule has 160 valence electrons. The summed E-state index contributed by atoms with van der Waals surface area (Å²) < 4.78 is 0. The molecule has 30 heavy (non-hydrogen) atoms. The number of hydrogen-bond acceptors (Lipinski definition) is 6. The zero-order chi connectivity index (χ0) is 20.9. The van der Waals surface area contributed by atoms with Crippen LogP contribution in [0.4, 0.5) is 9.93 Å². The number of aromatic nitrogens is 2. The summed E-state index contributed by atoms with van der Waals surface area (Å²) in [7, 11) is 0. The Morgan fingerprint density at radius 3 is 2.60 bits per heavy atom. The molecular formula is C21H28N6O2S. The molecule has 2 aliphatic heterocycles. The number of urea groups is 1. The molecule has 2 N–H and O–H groups in total. The van der Waals surface area contributed by atoms with Crippen LogP contribution in [0.15, 0.2) is 35.8 Å². The monoisotopic (exact) mass is 428 g/mol. The standard InChI is InChI=1S/C21H28N6O2S/c1-15(16-5-3-2-4-6-16)27-12-9-18(13-27)23-21(29)26-10-7-17(8-11-26)19(28)24-20-25-22-14-30-20/h2-6,14-15,17-18H,7-13H2,1H3,(H,23,29)(H,24,25,28). The van der Waals surface area contributed by atoms with Gasteiger partial charge in [0.1, 0.15) is 5.51 Å². The van der Waals surface area contributed by atoms with Gasteiger partial charge in [-0.2, -0.15) is 0 Å². The van der Waals surface area contributed by atoms with E-state index in [0.717, 1.165) is 19.5 Å². The van der Waals surface area contributed by atoms with Crippen LogP contribution in [0.1, 0.15) is 37.8 Å². The average molecular weight is 429 g/mol. The van der Waals surface area contributed by atoms with Gasteiger partial charge in [-0.1, -0.05) is 41.7 Å². The number of rotatable bonds is 5. The molecule has 0 spiro atoms. The van der Waals surface area contributed by atoms with Crippen molar-refractivity contribution in [2.75, 3.05) is 31.5 Å². The maximum absolute atomic E-state index is 12.7. The van der Waals surface area contributed by atoms with Gasteiger partial charge in [-0.25, -0.2) is 4.79 Å². The van der Waals surface area contributed by atoms with Crippen LogP contribution in [0.2, 0.25) is 0 Å². The van der Waals surface area contributed by atoms with Crippen molar-refractivity contribution in [3.05, 3.63) is 41.4 Å². The minimum absolute atomic E-state index is 0.0165. The highest BCUT2D eigenvalue weighted by molar-refractivity contribution is 7.13. The van der Waals surface area contributed by atoms with Crippen molar-refractivity contribution in [3.63, 3.8) is 0 Å². The van der Waals surface area contributed by atoms with Gasteiger partial charge in [-0.3, -0.25) is 9.69 Å². The van der Waals surface area contributed by atoms with Gasteiger partial charge in [0.05, 0.1) is 0 Å². The van der Waals surface area contributed by atoms with E-state index >= 15 is 0 Å². The summed E-state index contributed by atoms with van der Waals surface area (Å²) in [5, 5.41) is 14.1. The van der Waals surface area contributed by atoms with Crippen LogP contribution in [0, 0.1) is 5.92 Å². The topological polar surface area (TPSA) is 90.5 Å². The van der Waals surface area contributed by atoms with Gasteiger partial charge in [0.25, 0.3) is 0 Å². The van der Waals surface area contributed by atoms with Gasteiger partial charge in [0.15, 0.2) is 0 Å². The molecule has 3 heterocycles. The molecule has 2 aromatic rings. The number of hydrogen-bond donors (Lipinski definition) is 2. The highest BCUT2D eigenvalue weighted by Gasteiger charge is 2.31. The fourth-order valence-electron chi connectivity index (χ4n) is 4.24. The van der Waals surface area contributed by atoms with Gasteiger partial charge >= 0.3 is 6.03 Å². The van der Waals surface area contributed by atoms with E-state index in [9.17, 15) is 9.59 Å². The third-order valence-electron chi connectivity index (χ3n) is 6.12. The fraction of sp³-hybridized carbons (Fsp3) is 0.524. The molecular weight excluding hydrogens is 400 g/mol. The minimum Gasteiger partial charge on any atom is -0.334 e. The van der Waals surface area contributed by atoms with Crippen molar-refractivity contribution in [1.82, 2.24) is 25.3 Å². The Labute approximate surface area is 180 Å². The quantitative estimate of drug-likeness (QED) is 0.764. The molecule has 2 unspecified atom stereocenters. The van der Waals surface area contributed by atoms with Crippen molar-refractivity contribution in [3.8, 4) is 0 Å². The largest absolute Gasteiger partial charge is 0.334 e. The first-order valence-electron chi connectivity index (χ1n) is 10.5. The number of piperidine rings is 1. The number of anilines is 1. The number of amides is 3. The lowest BCUT2D eigenvalue weighted by atomic mass is 9.96. The van der Waals surface area contributed by atoms with E-state index in [1.165, 1.54) is 16.9 Å². The van der Waals surface area contributed by atoms with Crippen LogP contribution in [0.3, 0.4) is 0 Å². The Morgan fingerprint density at radius 1 is 1.13 bits per heavy atom. The number of likely N-dealkylation sites (tertiary alicyclic amines) is 2. The van der Waals surface area contributed by atoms with Crippen LogP contribution in [-0.4, -0.2) is 64.2 Å². The Morgan fingerprint density at radius 2 is 1.90 bits per heavy atom. The summed E-state index contributed by atoms with van der Waals surface area (Å²) in [6.45, 7) is 5.25. The first kappa shape index (κ1) is 20.7. The van der Waals surface area contributed by atoms with Gasteiger partial charge in [-0.15, -0.1) is 10.2 Å². The molecule has 0 bridgehead atoms. The Bertz CT molecular complexity index is 838. The molecule has 2 aliphatic rings. The van der Waals surface area contributed by atoms with E-state index < -0.39 is 0 Å². The van der Waals surface area contributed by atoms with Crippen molar-refractivity contribution in [1.29, 1.82) is 0 Å². The molecule has 2 atom stereocenters. The first-order chi connectivity index (χ1) is 14.6. The van der Waals surface area contributed by atoms with E-state index in [1.54, 1.807) is 5.51 Å². The summed E-state index contributed by atoms with van der Waals surface area (Å²) in [4.78, 5) is 29.3. The van der Waals surface area contributed by atoms with Crippen LogP contribution in [0.25, 0.3) is 0 Å². The fourth-order valence-corrected chi connectivity index (χ4v) is 4.69. The van der Waals surface area contributed by atoms with Crippen LogP contribution >= 0.6 is 11.3 Å². The second-order valence-electron chi connectivity index (χ2n) is 8.01. The lowest BCUT2D eigenvalue weighted by Crippen LogP contribution is -2.49. The SMILES string of the molecule is CC(c1ccccc1)N1CCC(NC(=O)N2CCC(C(=O)Nc3nncs3)CC2)C1. The molecule has 8 nitrogen and oxygen atoms in total. The van der Waals surface area contributed by atoms with Crippen molar-refractivity contribution < 1.29 is 9.59 Å². The second-order valence-corrected chi connectivity index (χ2v) is 8.84. The zero-order valence-electron chi connectivity index (χ0n) is 17.2. The van der Waals surface area contributed by atoms with Crippen molar-refractivity contribution >= 4 is 28.4 Å². The normalized spacial score (nSPS) is 21.4. The van der Waals surface area contributed by atoms with Crippen LogP contribution < -0.4 is 10.6 Å². The number of carbonyl (C=O) groups excluding carboxylic acids is 2. The molecule has 3 amide bonds. The first-order valence-corrected chi connectivity index (χ1v) is 11.4. The Hall–Kier alpha value is -2.52. The van der Waals surface area contributed by atoms with E-state index in [-0.39, 0.29) is 23.9 Å². The number of carbonyl (C=O) groups is 2. The Kier molecular flexibility index (Phi) is 6.59. The summed E-state index contributed by atoms with van der Waals surface area (Å²) in [6.07, 6.45) is 2.30. The second kappa shape index (κ2) is 9.53. The van der Waals surface area contributed by atoms with Crippen molar-refractivity contribution in [2.45, 2.75) is 38.3 Å². The van der Waals surface area contributed by atoms with E-state index in [0.29, 0.717) is 37.1 Å². The summed E-state index contributed by atoms with van der Waals surface area (Å²) in [5.74, 6) is -0.125. The molecule has 9 heteroatoms. The summed E-state index contributed by atoms with van der Waals surface area (Å²) >= 11 is 1.31. The molecule has 2 fully saturated rings. The van der Waals surface area contributed by atoms with Crippen LogP contribution in [-0.2, 0) is 4.79 Å². The highest BCUT2D eigenvalue weighted by Crippen LogP contribution is 2.25. The zero-order valence-corrected chi connectivity index (χ0v) is 18.0. The third-order valence-corrected chi connectivity index (χ3v) is 6.73. The van der Waals surface area contributed by atoms with Gasteiger partial charge < -0.3 is 15.5 Å². The number of benzene rings is 1. The average Bonchev–Trinajstić information content (AvgIpc) is 3.46. The molecule has 1 aromatic heterocycles. The maximum atomic E-state index is 12.7. The summed E-state index contributed by atoms with van der Waals surface area (Å²) in [6, 6.07) is 11.0. The number of nitrogens with zero attached hydrogens (tertiary/aromatic N) is 4. The van der Waals surface area contributed by atoms with Crippen molar-refractivity contribution in [2.24, 2.45) is 5.92 Å². The van der Waals surface area contributed by atoms with E-state index in [1.807, 2.05) is 11.0 Å². The lowest BCUT2D eigenvalue weighted by molar-refractivity contribution is -0.121. The number of nitrogens with one attached hydrogen (secondary N) is 2. The predicted molar refractivity (Wildman–Crippen MR) is 116 cm³/mol. The lowest BCUT2D eigenvalue weighted by Gasteiger charge is -2.32. The van der Waals surface area contributed by atoms with E-state index in [2.05, 4.69) is 56.9 Å². The smallest absolute Gasteiger partial charge is 0.317 e. The third kappa shape index (κ3) is 4.96. The molecule has 0 radical (unpaired) electrons. The van der Waals surface area contributed by atoms with Crippen LogP contribution in [0.5, 0.6) is 0 Å². The van der Waals surface area contributed by atoms with Gasteiger partial charge in [-0.05, 0) is 31.7 Å². The Balaban J connectivity index is 1.21. The molecule has 1 aromatic carbocycles. The molecule has 0 aliphatic carbocycles. The molecule has 2 saturated heterocycles. The maximum Gasteiger partial charge on any atom is 0.317 e. The van der Waals surface area contributed by atoms with E-state index in [4.69, 9.17) is 0 Å². The van der Waals surface area contributed by atoms with Gasteiger partial charge in [0.2, 0.25) is 11.0 Å². The molecule has 4 rings (SSSR count). The molecule has 0 saturated carbocycles.